The molecule has 0 bridgehead atoms. The standard InChI is InChI=1S/2CH2O3.Cs.2Na/c2*2-1(3)4;;;/h2*(H2,2,3,4);;;/q;;3*+1/p-3. The van der Waals surface area contributed by atoms with Crippen molar-refractivity contribution in [3.63, 3.8) is 0 Å². The number of hydrogen-bond donors (Lipinski definition) is 1. The van der Waals surface area contributed by atoms with Crippen molar-refractivity contribution >= 4 is 12.3 Å². The van der Waals surface area contributed by atoms with Gasteiger partial charge in [0, 0.05) is 0 Å². The summed E-state index contributed by atoms with van der Waals surface area (Å²) in [7, 11) is 0. The third kappa shape index (κ3) is 210. The van der Waals surface area contributed by atoms with E-state index in [4.69, 9.17) is 30.0 Å². The van der Waals surface area contributed by atoms with Crippen LogP contribution >= 0.6 is 0 Å². The van der Waals surface area contributed by atoms with E-state index < -0.39 is 12.3 Å². The summed E-state index contributed by atoms with van der Waals surface area (Å²) in [5.41, 5.74) is 0. The molecule has 1 N–H and O–H groups in total. The minimum Gasteiger partial charge on any atom is -0.652 e. The largest absolute Gasteiger partial charge is 1.00 e. The van der Waals surface area contributed by atoms with Crippen LogP contribution in [0, 0.1) is 0 Å². The van der Waals surface area contributed by atoms with Gasteiger partial charge in [0.25, 0.3) is 0 Å². The van der Waals surface area contributed by atoms with E-state index in [0.29, 0.717) is 0 Å². The molecule has 6 nitrogen and oxygen atoms in total. The van der Waals surface area contributed by atoms with Crippen LogP contribution in [0.25, 0.3) is 0 Å². The Morgan fingerprint density at radius 3 is 1.00 bits per heavy atom. The molecule has 9 heteroatoms. The SMILES string of the molecule is O=C([O-])O.O=C([O-])[O-].[Cs+].[Na+].[Na+]. The van der Waals surface area contributed by atoms with Crippen molar-refractivity contribution in [2.45, 2.75) is 0 Å². The first kappa shape index (κ1) is 29.2. The van der Waals surface area contributed by atoms with Crippen molar-refractivity contribution < 1.29 is 158 Å². The molecule has 0 radical (unpaired) electrons. The molecule has 0 aromatic heterocycles. The van der Waals surface area contributed by atoms with Gasteiger partial charge in [-0.05, 0) is 6.16 Å². The Balaban J connectivity index is -0.0000000171. The zero-order chi connectivity index (χ0) is 7.15. The maximum atomic E-state index is 8.44. The Bertz CT molecular complexity index is 76.6. The Kier molecular flexibility index (Phi) is 60.8. The van der Waals surface area contributed by atoms with Gasteiger partial charge in [-0.25, -0.2) is 0 Å². The van der Waals surface area contributed by atoms with Crippen LogP contribution in [-0.2, 0) is 0 Å². The van der Waals surface area contributed by atoms with E-state index >= 15 is 0 Å². The number of carbonyl (C=O) groups excluding carboxylic acids is 1. The molecule has 48 valence electrons. The molecule has 0 saturated heterocycles. The van der Waals surface area contributed by atoms with Gasteiger partial charge in [0.2, 0.25) is 6.16 Å². The van der Waals surface area contributed by atoms with Crippen LogP contribution in [0.15, 0.2) is 0 Å². The first-order valence-electron chi connectivity index (χ1n) is 1.24. The van der Waals surface area contributed by atoms with E-state index in [0.717, 1.165) is 0 Å². The maximum Gasteiger partial charge on any atom is 1.00 e. The number of carboxylic acid groups (broad SMARTS) is 4. The summed E-state index contributed by atoms with van der Waals surface area (Å²) in [4.78, 5) is 16.8. The Morgan fingerprint density at radius 1 is 1.00 bits per heavy atom. The fourth-order valence-electron chi connectivity index (χ4n) is 0. The van der Waals surface area contributed by atoms with Gasteiger partial charge in [-0.2, -0.15) is 0 Å². The maximum absolute atomic E-state index is 8.44. The Labute approximate surface area is 166 Å². The fourth-order valence-corrected chi connectivity index (χ4v) is 0. The molecule has 0 fully saturated rings. The molecule has 0 aromatic rings. The zero-order valence-electron chi connectivity index (χ0n) is 6.49. The second-order valence-electron chi connectivity index (χ2n) is 0.516. The normalized spacial score (nSPS) is 4.36. The van der Waals surface area contributed by atoms with E-state index in [9.17, 15) is 0 Å². The molecule has 11 heavy (non-hydrogen) atoms. The van der Waals surface area contributed by atoms with E-state index in [-0.39, 0.29) is 128 Å². The third-order valence-corrected chi connectivity index (χ3v) is 0. The van der Waals surface area contributed by atoms with Gasteiger partial charge in [-0.1, -0.05) is 0 Å². The number of hydrogen-bond acceptors (Lipinski definition) is 5. The van der Waals surface area contributed by atoms with Gasteiger partial charge < -0.3 is 30.0 Å². The van der Waals surface area contributed by atoms with Crippen LogP contribution < -0.4 is 143 Å². The molecule has 0 aliphatic heterocycles. The second-order valence-corrected chi connectivity index (χ2v) is 0.516. The summed E-state index contributed by atoms with van der Waals surface area (Å²) in [5, 5.41) is 32.0. The van der Waals surface area contributed by atoms with Crippen molar-refractivity contribution in [3.05, 3.63) is 0 Å². The van der Waals surface area contributed by atoms with Gasteiger partial charge in [0.15, 0.2) is 0 Å². The molecule has 0 aliphatic carbocycles. The van der Waals surface area contributed by atoms with Gasteiger partial charge in [-0.15, -0.1) is 0 Å². The minimum atomic E-state index is -2.33. The van der Waals surface area contributed by atoms with Crippen LogP contribution in [0.5, 0.6) is 0 Å². The van der Waals surface area contributed by atoms with E-state index in [1.165, 1.54) is 0 Å². The van der Waals surface area contributed by atoms with Crippen molar-refractivity contribution in [2.75, 3.05) is 0 Å². The molecule has 0 aromatic carbocycles. The summed E-state index contributed by atoms with van der Waals surface area (Å²) in [5.74, 6) is 0. The van der Waals surface area contributed by atoms with E-state index in [1.54, 1.807) is 0 Å². The summed E-state index contributed by atoms with van der Waals surface area (Å²) < 4.78 is 0. The molecule has 0 unspecified atom stereocenters. The smallest absolute Gasteiger partial charge is 0.652 e. The van der Waals surface area contributed by atoms with Crippen molar-refractivity contribution in [2.24, 2.45) is 0 Å². The summed E-state index contributed by atoms with van der Waals surface area (Å²) >= 11 is 0. The third-order valence-electron chi connectivity index (χ3n) is 0. The topological polar surface area (TPSA) is 124 Å². The predicted molar refractivity (Wildman–Crippen MR) is 13.4 cm³/mol. The molecule has 0 spiro atoms. The molecule has 0 amide bonds. The molecular formula is C2HCsNa2O6. The molecule has 0 atom stereocenters. The first-order chi connectivity index (χ1) is 3.46. The van der Waals surface area contributed by atoms with Crippen LogP contribution in [0.3, 0.4) is 0 Å². The molecule has 0 saturated carbocycles. The average molecular weight is 300 g/mol. The van der Waals surface area contributed by atoms with E-state index in [1.807, 2.05) is 0 Å². The van der Waals surface area contributed by atoms with Crippen molar-refractivity contribution in [1.29, 1.82) is 0 Å². The minimum absolute atomic E-state index is 0. The van der Waals surface area contributed by atoms with Crippen LogP contribution in [0.2, 0.25) is 0 Å². The number of carbonyl (C=O) groups is 2. The zero-order valence-corrected chi connectivity index (χ0v) is 16.8. The van der Waals surface area contributed by atoms with Crippen LogP contribution in [0.4, 0.5) is 9.59 Å². The van der Waals surface area contributed by atoms with Crippen LogP contribution in [0.1, 0.15) is 0 Å². The Morgan fingerprint density at radius 2 is 1.00 bits per heavy atom. The summed E-state index contributed by atoms with van der Waals surface area (Å²) in [6.07, 6.45) is -4.42. The van der Waals surface area contributed by atoms with E-state index in [2.05, 4.69) is 0 Å². The molecule has 0 heterocycles. The van der Waals surface area contributed by atoms with Gasteiger partial charge in [0.1, 0.15) is 0 Å². The number of rotatable bonds is 0. The second kappa shape index (κ2) is 22.9. The summed E-state index contributed by atoms with van der Waals surface area (Å²) in [6, 6.07) is 0. The summed E-state index contributed by atoms with van der Waals surface area (Å²) in [6.45, 7) is 0. The predicted octanol–water partition coefficient (Wildman–Crippen LogP) is -12.5. The van der Waals surface area contributed by atoms with Gasteiger partial charge in [-0.3, -0.25) is 0 Å². The van der Waals surface area contributed by atoms with Gasteiger partial charge in [0.05, 0.1) is 0 Å². The monoisotopic (exact) mass is 300 g/mol. The van der Waals surface area contributed by atoms with Crippen LogP contribution in [-0.4, -0.2) is 17.4 Å². The van der Waals surface area contributed by atoms with Crippen molar-refractivity contribution in [1.82, 2.24) is 0 Å². The molecule has 0 aliphatic rings. The quantitative estimate of drug-likeness (QED) is 0.443. The molecular weight excluding hydrogens is 299 g/mol. The molecule has 0 rings (SSSR count). The average Bonchev–Trinajstić information content (AvgIpc) is 1.25. The van der Waals surface area contributed by atoms with Crippen molar-refractivity contribution in [3.8, 4) is 0 Å². The first-order valence-corrected chi connectivity index (χ1v) is 1.24. The Hall–Kier alpha value is 2.59. The fraction of sp³-hybridized carbons (Fsp3) is 0. The van der Waals surface area contributed by atoms with Gasteiger partial charge >= 0.3 is 128 Å².